The third-order valence-corrected chi connectivity index (χ3v) is 10.6. The smallest absolute Gasteiger partial charge is 0.268 e. The molecule has 0 saturated heterocycles. The van der Waals surface area contributed by atoms with Crippen LogP contribution >= 0.6 is 21.4 Å². The number of pyridine rings is 1. The summed E-state index contributed by atoms with van der Waals surface area (Å²) in [6.45, 7) is 4.41. The van der Waals surface area contributed by atoms with Crippen LogP contribution in [0.4, 0.5) is 0 Å². The molecule has 0 saturated carbocycles. The Labute approximate surface area is 251 Å². The number of hydrogen-bond donors (Lipinski definition) is 1. The second-order valence-corrected chi connectivity index (χ2v) is 18.3. The molecule has 220 valence electrons. The second kappa shape index (κ2) is 11.7. The summed E-state index contributed by atoms with van der Waals surface area (Å²) in [5, 5.41) is 18.2. The van der Waals surface area contributed by atoms with Crippen molar-refractivity contribution in [3.63, 3.8) is 0 Å². The van der Waals surface area contributed by atoms with Crippen LogP contribution in [0.1, 0.15) is 23.2 Å². The summed E-state index contributed by atoms with van der Waals surface area (Å²) in [5.41, 5.74) is 1.67. The Morgan fingerprint density at radius 1 is 1.10 bits per heavy atom. The molecule has 0 aliphatic heterocycles. The number of thiazole rings is 1. The number of aliphatic hydroxyl groups is 1. The lowest BCUT2D eigenvalue weighted by molar-refractivity contribution is 0.0809. The molecule has 5 aromatic rings. The number of hydrogen-bond acceptors (Lipinski definition) is 8. The van der Waals surface area contributed by atoms with E-state index in [0.29, 0.717) is 40.5 Å². The molecule has 1 aromatic carbocycles. The van der Waals surface area contributed by atoms with Crippen molar-refractivity contribution in [1.29, 1.82) is 0 Å². The first-order valence-corrected chi connectivity index (χ1v) is 18.4. The number of benzene rings is 1. The van der Waals surface area contributed by atoms with E-state index in [0.717, 1.165) is 16.9 Å². The van der Waals surface area contributed by atoms with Crippen LogP contribution in [0.2, 0.25) is 0 Å². The van der Waals surface area contributed by atoms with Crippen LogP contribution < -0.4 is 0 Å². The normalized spacial score (nSPS) is 14.0. The van der Waals surface area contributed by atoms with Crippen molar-refractivity contribution in [3.05, 3.63) is 83.0 Å². The molecule has 0 aliphatic carbocycles. The first kappa shape index (κ1) is 30.0. The zero-order valence-electron chi connectivity index (χ0n) is 24.1. The predicted octanol–water partition coefficient (Wildman–Crippen LogP) is 4.83. The molecule has 1 unspecified atom stereocenters. The second-order valence-electron chi connectivity index (χ2n) is 11.0. The Kier molecular flexibility index (Phi) is 8.33. The van der Waals surface area contributed by atoms with E-state index in [9.17, 15) is 13.5 Å². The summed E-state index contributed by atoms with van der Waals surface area (Å²) >= 11 is 1.31. The van der Waals surface area contributed by atoms with E-state index in [2.05, 4.69) is 45.7 Å². The molecule has 0 spiro atoms. The maximum absolute atomic E-state index is 13.8. The van der Waals surface area contributed by atoms with E-state index < -0.39 is 25.7 Å². The third kappa shape index (κ3) is 6.61. The van der Waals surface area contributed by atoms with Gasteiger partial charge in [-0.3, -0.25) is 0 Å². The van der Waals surface area contributed by atoms with Gasteiger partial charge in [-0.05, 0) is 56.7 Å². The molecule has 4 heterocycles. The largest absolute Gasteiger partial charge is 0.371 e. The van der Waals surface area contributed by atoms with Crippen LogP contribution in [0.5, 0.6) is 0 Å². The number of ether oxygens (including phenoxy) is 1. The monoisotopic (exact) mass is 623 g/mol. The van der Waals surface area contributed by atoms with Crippen molar-refractivity contribution in [1.82, 2.24) is 23.7 Å². The number of fused-ring (bicyclic) bond motifs is 1. The molecule has 0 fully saturated rings. The zero-order valence-corrected chi connectivity index (χ0v) is 26.6. The van der Waals surface area contributed by atoms with Gasteiger partial charge in [0.25, 0.3) is 10.0 Å². The van der Waals surface area contributed by atoms with Crippen LogP contribution in [-0.2, 0) is 27.1 Å². The summed E-state index contributed by atoms with van der Waals surface area (Å²) < 4.78 is 36.3. The molecule has 1 N–H and O–H groups in total. The van der Waals surface area contributed by atoms with Crippen LogP contribution in [0.3, 0.4) is 0 Å². The molecule has 1 atom stereocenters. The van der Waals surface area contributed by atoms with Gasteiger partial charge in [-0.15, -0.1) is 11.3 Å². The number of aryl methyl sites for hydroxylation is 1. The van der Waals surface area contributed by atoms with Gasteiger partial charge in [0.2, 0.25) is 0 Å². The Hall–Kier alpha value is -3.47. The Morgan fingerprint density at radius 3 is 2.55 bits per heavy atom. The highest BCUT2D eigenvalue weighted by Crippen LogP contribution is 2.34. The minimum atomic E-state index is -3.93. The molecule has 5 rings (SSSR count). The SMILES string of the molecule is Cc1ccc(S(=O)(=O)n2cc(-c3cnn(COCCS(C)(C)C)c3)c3cc(C#CC(C)(O)c4nccs4)ncc32)cc1. The fraction of sp³-hybridized carbons (Fsp3) is 0.300. The molecular weight excluding hydrogens is 591 g/mol. The molecule has 0 amide bonds. The highest BCUT2D eigenvalue weighted by atomic mass is 32.3. The third-order valence-electron chi connectivity index (χ3n) is 6.53. The van der Waals surface area contributed by atoms with E-state index in [4.69, 9.17) is 4.74 Å². The summed E-state index contributed by atoms with van der Waals surface area (Å²) in [7, 11) is -4.59. The van der Waals surface area contributed by atoms with Crippen molar-refractivity contribution < 1.29 is 18.3 Å². The quantitative estimate of drug-likeness (QED) is 0.185. The maximum Gasteiger partial charge on any atom is 0.268 e. The maximum atomic E-state index is 13.8. The van der Waals surface area contributed by atoms with E-state index in [-0.39, 0.29) is 4.90 Å². The summed E-state index contributed by atoms with van der Waals surface area (Å²) in [6, 6.07) is 8.46. The lowest BCUT2D eigenvalue weighted by Crippen LogP contribution is -2.18. The molecule has 9 nitrogen and oxygen atoms in total. The van der Waals surface area contributed by atoms with Crippen LogP contribution in [0, 0.1) is 18.8 Å². The van der Waals surface area contributed by atoms with Crippen molar-refractivity contribution in [2.75, 3.05) is 31.1 Å². The molecule has 4 aromatic heterocycles. The first-order valence-electron chi connectivity index (χ1n) is 13.1. The first-order chi connectivity index (χ1) is 19.8. The number of rotatable bonds is 9. The Bertz CT molecular complexity index is 1870. The minimum Gasteiger partial charge on any atom is -0.371 e. The molecular formula is C30H33N5O4S3. The minimum absolute atomic E-state index is 0.171. The average molecular weight is 624 g/mol. The lowest BCUT2D eigenvalue weighted by atomic mass is 10.1. The van der Waals surface area contributed by atoms with Crippen LogP contribution in [0.15, 0.2) is 71.6 Å². The van der Waals surface area contributed by atoms with Gasteiger partial charge >= 0.3 is 0 Å². The van der Waals surface area contributed by atoms with Crippen molar-refractivity contribution in [3.8, 4) is 23.0 Å². The topological polar surface area (TPSA) is 112 Å². The van der Waals surface area contributed by atoms with E-state index >= 15 is 0 Å². The van der Waals surface area contributed by atoms with E-state index in [1.165, 1.54) is 21.5 Å². The van der Waals surface area contributed by atoms with Crippen LogP contribution in [0.25, 0.3) is 22.0 Å². The highest BCUT2D eigenvalue weighted by molar-refractivity contribution is 8.32. The standard InChI is InChI=1S/C30H33N5O4S3/c1-22-6-8-25(9-7-22)42(37,38)35-20-27(23-17-33-34(19-23)21-39-13-15-41(3,4)5)26-16-24(32-18-28(26)35)10-11-30(2,36)29-31-12-14-40-29/h6-9,12,14,16-20,36H,13,15,21H2,1-5H3. The molecule has 0 radical (unpaired) electrons. The van der Waals surface area contributed by atoms with Gasteiger partial charge in [-0.1, -0.05) is 23.6 Å². The van der Waals surface area contributed by atoms with E-state index in [1.807, 2.05) is 13.1 Å². The van der Waals surface area contributed by atoms with Crippen LogP contribution in [-0.4, -0.2) is 68.4 Å². The van der Waals surface area contributed by atoms with E-state index in [1.54, 1.807) is 65.9 Å². The fourth-order valence-electron chi connectivity index (χ4n) is 4.16. The fourth-order valence-corrected chi connectivity index (χ4v) is 6.79. The van der Waals surface area contributed by atoms with Crippen molar-refractivity contribution in [2.45, 2.75) is 31.1 Å². The highest BCUT2D eigenvalue weighted by Gasteiger charge is 2.25. The summed E-state index contributed by atoms with van der Waals surface area (Å²) in [6.07, 6.45) is 15.0. The zero-order chi connectivity index (χ0) is 30.1. The molecule has 0 aliphatic rings. The van der Waals surface area contributed by atoms with Gasteiger partial charge in [0.15, 0.2) is 5.60 Å². The predicted molar refractivity (Wildman–Crippen MR) is 169 cm³/mol. The lowest BCUT2D eigenvalue weighted by Gasteiger charge is -2.24. The number of nitrogens with zero attached hydrogens (tertiary/aromatic N) is 5. The molecule has 42 heavy (non-hydrogen) atoms. The Morgan fingerprint density at radius 2 is 1.86 bits per heavy atom. The summed E-state index contributed by atoms with van der Waals surface area (Å²) in [5.74, 6) is 6.79. The van der Waals surface area contributed by atoms with Gasteiger partial charge in [0, 0.05) is 46.2 Å². The van der Waals surface area contributed by atoms with Gasteiger partial charge in [-0.25, -0.2) is 37.1 Å². The van der Waals surface area contributed by atoms with Gasteiger partial charge in [0.1, 0.15) is 17.4 Å². The molecule has 12 heteroatoms. The van der Waals surface area contributed by atoms with Gasteiger partial charge in [0.05, 0.1) is 29.4 Å². The average Bonchev–Trinajstić information content (AvgIpc) is 3.70. The van der Waals surface area contributed by atoms with Gasteiger partial charge in [-0.2, -0.15) is 5.10 Å². The molecule has 0 bridgehead atoms. The van der Waals surface area contributed by atoms with Crippen molar-refractivity contribution >= 4 is 42.3 Å². The Balaban J connectivity index is 1.55. The summed E-state index contributed by atoms with van der Waals surface area (Å²) in [4.78, 5) is 8.77. The van der Waals surface area contributed by atoms with Gasteiger partial charge < -0.3 is 9.84 Å². The number of aromatic nitrogens is 5. The van der Waals surface area contributed by atoms with Crippen molar-refractivity contribution in [2.24, 2.45) is 0 Å².